The maximum absolute atomic E-state index is 12.5. The molecule has 3 rings (SSSR count). The summed E-state index contributed by atoms with van der Waals surface area (Å²) in [4.78, 5) is 26.0. The number of ether oxygens (including phenoxy) is 1. The lowest BCUT2D eigenvalue weighted by molar-refractivity contribution is -0.123. The standard InChI is InChI=1S/C18H12BrCl2NO4S/c19-12-9-11(20)7-10(16(12)23)8-15-17(24)22(18(25)27-15)5-6-26-14-4-2-1-3-13(14)21/h1-4,7-9,23H,5-6H2/b15-8-. The van der Waals surface area contributed by atoms with Crippen LogP contribution in [0.25, 0.3) is 6.08 Å². The van der Waals surface area contributed by atoms with Crippen molar-refractivity contribution in [2.75, 3.05) is 13.2 Å². The Hall–Kier alpha value is -1.67. The molecule has 0 aliphatic carbocycles. The zero-order valence-electron chi connectivity index (χ0n) is 13.6. The molecule has 2 aromatic carbocycles. The molecule has 9 heteroatoms. The number of thioether (sulfide) groups is 1. The molecule has 1 N–H and O–H groups in total. The summed E-state index contributed by atoms with van der Waals surface area (Å²) in [5.74, 6) is -0.0353. The van der Waals surface area contributed by atoms with E-state index in [9.17, 15) is 14.7 Å². The van der Waals surface area contributed by atoms with E-state index in [-0.39, 0.29) is 23.8 Å². The Balaban J connectivity index is 1.71. The van der Waals surface area contributed by atoms with Crippen molar-refractivity contribution >= 4 is 68.1 Å². The van der Waals surface area contributed by atoms with Gasteiger partial charge in [0.05, 0.1) is 20.9 Å². The van der Waals surface area contributed by atoms with Gasteiger partial charge in [0.25, 0.3) is 11.1 Å². The van der Waals surface area contributed by atoms with Crippen LogP contribution in [-0.2, 0) is 4.79 Å². The molecule has 1 aliphatic rings. The first-order valence-electron chi connectivity index (χ1n) is 7.67. The van der Waals surface area contributed by atoms with Crippen LogP contribution < -0.4 is 4.74 Å². The molecule has 27 heavy (non-hydrogen) atoms. The minimum absolute atomic E-state index is 0.0618. The molecule has 5 nitrogen and oxygen atoms in total. The summed E-state index contributed by atoms with van der Waals surface area (Å²) in [5, 5.41) is 10.5. The number of phenols is 1. The lowest BCUT2D eigenvalue weighted by atomic mass is 10.2. The minimum Gasteiger partial charge on any atom is -0.506 e. The van der Waals surface area contributed by atoms with Gasteiger partial charge in [-0.2, -0.15) is 0 Å². The third-order valence-electron chi connectivity index (χ3n) is 3.63. The van der Waals surface area contributed by atoms with Gasteiger partial charge in [-0.05, 0) is 58.0 Å². The number of carbonyl (C=O) groups is 2. The van der Waals surface area contributed by atoms with Crippen molar-refractivity contribution < 1.29 is 19.4 Å². The lowest BCUT2D eigenvalue weighted by Gasteiger charge is -2.13. The van der Waals surface area contributed by atoms with Crippen LogP contribution in [0.1, 0.15) is 5.56 Å². The largest absolute Gasteiger partial charge is 0.506 e. The van der Waals surface area contributed by atoms with Crippen LogP contribution in [0.2, 0.25) is 10.0 Å². The smallest absolute Gasteiger partial charge is 0.293 e. The molecule has 0 unspecified atom stereocenters. The summed E-state index contributed by atoms with van der Waals surface area (Å²) >= 11 is 16.0. The highest BCUT2D eigenvalue weighted by Gasteiger charge is 2.35. The van der Waals surface area contributed by atoms with Gasteiger partial charge in [-0.15, -0.1) is 0 Å². The number of nitrogens with zero attached hydrogens (tertiary/aromatic N) is 1. The summed E-state index contributed by atoms with van der Waals surface area (Å²) in [6.45, 7) is 0.196. The van der Waals surface area contributed by atoms with E-state index in [2.05, 4.69) is 15.9 Å². The highest BCUT2D eigenvalue weighted by molar-refractivity contribution is 9.10. The topological polar surface area (TPSA) is 66.8 Å². The van der Waals surface area contributed by atoms with E-state index < -0.39 is 11.1 Å². The average Bonchev–Trinajstić information content (AvgIpc) is 2.88. The normalized spacial score (nSPS) is 15.7. The molecular weight excluding hydrogens is 477 g/mol. The molecule has 0 spiro atoms. The number of hydrogen-bond donors (Lipinski definition) is 1. The number of aromatic hydroxyl groups is 1. The number of amides is 2. The second kappa shape index (κ2) is 8.56. The highest BCUT2D eigenvalue weighted by Crippen LogP contribution is 2.37. The molecule has 1 saturated heterocycles. The maximum atomic E-state index is 12.5. The first kappa shape index (κ1) is 20.1. The third kappa shape index (κ3) is 4.60. The molecule has 0 bridgehead atoms. The predicted molar refractivity (Wildman–Crippen MR) is 110 cm³/mol. The van der Waals surface area contributed by atoms with Gasteiger partial charge in [0.15, 0.2) is 0 Å². The molecule has 0 atom stereocenters. The van der Waals surface area contributed by atoms with Crippen molar-refractivity contribution in [3.05, 3.63) is 61.4 Å². The van der Waals surface area contributed by atoms with Crippen molar-refractivity contribution in [1.29, 1.82) is 0 Å². The van der Waals surface area contributed by atoms with Gasteiger partial charge in [-0.25, -0.2) is 0 Å². The van der Waals surface area contributed by atoms with E-state index in [1.54, 1.807) is 24.3 Å². The van der Waals surface area contributed by atoms with E-state index in [0.29, 0.717) is 25.8 Å². The quantitative estimate of drug-likeness (QED) is 0.556. The zero-order chi connectivity index (χ0) is 19.6. The Kier molecular flexibility index (Phi) is 6.37. The van der Waals surface area contributed by atoms with E-state index in [0.717, 1.165) is 16.7 Å². The van der Waals surface area contributed by atoms with E-state index in [1.807, 2.05) is 0 Å². The Morgan fingerprint density at radius 3 is 2.70 bits per heavy atom. The van der Waals surface area contributed by atoms with Crippen molar-refractivity contribution in [2.45, 2.75) is 0 Å². The molecule has 1 heterocycles. The van der Waals surface area contributed by atoms with Crippen molar-refractivity contribution in [3.8, 4) is 11.5 Å². The average molecular weight is 489 g/mol. The minimum atomic E-state index is -0.455. The van der Waals surface area contributed by atoms with Gasteiger partial charge in [0, 0.05) is 10.6 Å². The van der Waals surface area contributed by atoms with Gasteiger partial charge in [0.1, 0.15) is 18.1 Å². The van der Waals surface area contributed by atoms with Gasteiger partial charge in [-0.3, -0.25) is 14.5 Å². The highest BCUT2D eigenvalue weighted by atomic mass is 79.9. The number of benzene rings is 2. The zero-order valence-corrected chi connectivity index (χ0v) is 17.5. The predicted octanol–water partition coefficient (Wildman–Crippen LogP) is 5.58. The molecule has 0 saturated carbocycles. The van der Waals surface area contributed by atoms with Gasteiger partial charge < -0.3 is 9.84 Å². The van der Waals surface area contributed by atoms with E-state index >= 15 is 0 Å². The lowest BCUT2D eigenvalue weighted by Crippen LogP contribution is -2.32. The van der Waals surface area contributed by atoms with Crippen LogP contribution in [0.4, 0.5) is 4.79 Å². The van der Waals surface area contributed by atoms with Gasteiger partial charge >= 0.3 is 0 Å². The van der Waals surface area contributed by atoms with Crippen LogP contribution in [0.3, 0.4) is 0 Å². The number of halogens is 3. The first-order valence-corrected chi connectivity index (χ1v) is 10.0. The summed E-state index contributed by atoms with van der Waals surface area (Å²) in [5.41, 5.74) is 0.340. The Morgan fingerprint density at radius 2 is 1.96 bits per heavy atom. The fraction of sp³-hybridized carbons (Fsp3) is 0.111. The number of rotatable bonds is 5. The number of para-hydroxylation sites is 1. The van der Waals surface area contributed by atoms with E-state index in [4.69, 9.17) is 27.9 Å². The van der Waals surface area contributed by atoms with Crippen LogP contribution >= 0.6 is 50.9 Å². The number of imide groups is 1. The summed E-state index contributed by atoms with van der Waals surface area (Å²) in [6.07, 6.45) is 1.44. The SMILES string of the molecule is O=C1S/C(=C\c2cc(Cl)cc(Br)c2O)C(=O)N1CCOc1ccccc1Cl. The van der Waals surface area contributed by atoms with E-state index in [1.165, 1.54) is 18.2 Å². The molecular formula is C18H12BrCl2NO4S. The summed E-state index contributed by atoms with van der Waals surface area (Å²) in [7, 11) is 0. The fourth-order valence-electron chi connectivity index (χ4n) is 2.34. The molecule has 0 radical (unpaired) electrons. The molecule has 2 amide bonds. The van der Waals surface area contributed by atoms with Crippen molar-refractivity contribution in [2.24, 2.45) is 0 Å². The van der Waals surface area contributed by atoms with Gasteiger partial charge in [-0.1, -0.05) is 35.3 Å². The monoisotopic (exact) mass is 487 g/mol. The van der Waals surface area contributed by atoms with Crippen molar-refractivity contribution in [3.63, 3.8) is 0 Å². The van der Waals surface area contributed by atoms with Crippen LogP contribution in [0.5, 0.6) is 11.5 Å². The molecule has 140 valence electrons. The number of hydrogen-bond acceptors (Lipinski definition) is 5. The Labute approximate surface area is 178 Å². The van der Waals surface area contributed by atoms with Crippen LogP contribution in [0, 0.1) is 0 Å². The first-order chi connectivity index (χ1) is 12.9. The third-order valence-corrected chi connectivity index (χ3v) is 5.67. The molecule has 1 fully saturated rings. The summed E-state index contributed by atoms with van der Waals surface area (Å²) < 4.78 is 5.93. The summed E-state index contributed by atoms with van der Waals surface area (Å²) in [6, 6.07) is 9.99. The van der Waals surface area contributed by atoms with Crippen molar-refractivity contribution in [1.82, 2.24) is 4.90 Å². The molecule has 1 aliphatic heterocycles. The molecule has 2 aromatic rings. The second-order valence-corrected chi connectivity index (χ2v) is 8.13. The molecule has 0 aromatic heterocycles. The number of carbonyl (C=O) groups excluding carboxylic acids is 2. The van der Waals surface area contributed by atoms with Crippen LogP contribution in [0.15, 0.2) is 45.8 Å². The van der Waals surface area contributed by atoms with Gasteiger partial charge in [0.2, 0.25) is 0 Å². The Bertz CT molecular complexity index is 951. The van der Waals surface area contributed by atoms with Crippen LogP contribution in [-0.4, -0.2) is 34.3 Å². The Morgan fingerprint density at radius 1 is 1.22 bits per heavy atom. The number of phenolic OH excluding ortho intramolecular Hbond substituents is 1. The maximum Gasteiger partial charge on any atom is 0.293 e. The fourth-order valence-corrected chi connectivity index (χ4v) is 4.22. The second-order valence-electron chi connectivity index (χ2n) is 5.44.